The molecule has 3 aromatic carbocycles. The molecule has 35 heavy (non-hydrogen) atoms. The van der Waals surface area contributed by atoms with Crippen LogP contribution in [0.5, 0.6) is 5.75 Å². The van der Waals surface area contributed by atoms with Crippen molar-refractivity contribution in [1.29, 1.82) is 0 Å². The molecule has 2 heterocycles. The van der Waals surface area contributed by atoms with Crippen molar-refractivity contribution in [3.05, 3.63) is 83.6 Å². The third-order valence-electron chi connectivity index (χ3n) is 7.52. The zero-order chi connectivity index (χ0) is 23.8. The average molecular weight is 466 g/mol. The largest absolute Gasteiger partial charge is 0.508 e. The molecule has 6 nitrogen and oxygen atoms in total. The fourth-order valence-corrected chi connectivity index (χ4v) is 5.46. The summed E-state index contributed by atoms with van der Waals surface area (Å²) in [4.78, 5) is 14.2. The zero-order valence-electron chi connectivity index (χ0n) is 20.1. The highest BCUT2D eigenvalue weighted by Crippen LogP contribution is 2.40. The third-order valence-corrected chi connectivity index (χ3v) is 7.52. The molecule has 2 N–H and O–H groups in total. The maximum absolute atomic E-state index is 10.9. The molecule has 0 bridgehead atoms. The molecule has 6 rings (SSSR count). The molecule has 1 atom stereocenters. The highest BCUT2D eigenvalue weighted by Gasteiger charge is 2.25. The van der Waals surface area contributed by atoms with Crippen molar-refractivity contribution in [3.8, 4) is 5.75 Å². The Bertz CT molecular complexity index is 1350. The molecular formula is C29H31N5O. The summed E-state index contributed by atoms with van der Waals surface area (Å²) >= 11 is 0. The van der Waals surface area contributed by atoms with E-state index in [-0.39, 0.29) is 5.92 Å². The lowest BCUT2D eigenvalue weighted by Crippen LogP contribution is -2.44. The second kappa shape index (κ2) is 9.19. The van der Waals surface area contributed by atoms with Gasteiger partial charge in [-0.1, -0.05) is 24.3 Å². The first-order valence-corrected chi connectivity index (χ1v) is 12.5. The van der Waals surface area contributed by atoms with Crippen LogP contribution in [-0.2, 0) is 12.8 Å². The number of phenols is 1. The lowest BCUT2D eigenvalue weighted by molar-refractivity contribution is 0.313. The van der Waals surface area contributed by atoms with Crippen molar-refractivity contribution in [2.45, 2.75) is 25.2 Å². The van der Waals surface area contributed by atoms with Gasteiger partial charge in [-0.2, -0.15) is 0 Å². The van der Waals surface area contributed by atoms with Crippen LogP contribution in [0, 0.1) is 0 Å². The number of nitrogens with zero attached hydrogens (tertiary/aromatic N) is 4. The summed E-state index contributed by atoms with van der Waals surface area (Å²) < 4.78 is 0. The number of rotatable bonds is 4. The second-order valence-electron chi connectivity index (χ2n) is 9.80. The average Bonchev–Trinajstić information content (AvgIpc) is 2.89. The van der Waals surface area contributed by atoms with E-state index in [9.17, 15) is 5.11 Å². The first kappa shape index (κ1) is 21.9. The summed E-state index contributed by atoms with van der Waals surface area (Å²) in [5.41, 5.74) is 6.76. The Kier molecular flexibility index (Phi) is 5.74. The molecule has 1 aliphatic carbocycles. The maximum atomic E-state index is 10.9. The van der Waals surface area contributed by atoms with Gasteiger partial charge in [0.15, 0.2) is 0 Å². The first-order chi connectivity index (χ1) is 17.1. The monoisotopic (exact) mass is 465 g/mol. The van der Waals surface area contributed by atoms with Crippen LogP contribution in [0.2, 0.25) is 0 Å². The highest BCUT2D eigenvalue weighted by atomic mass is 16.3. The third kappa shape index (κ3) is 4.42. The minimum Gasteiger partial charge on any atom is -0.508 e. The highest BCUT2D eigenvalue weighted by molar-refractivity contribution is 5.85. The van der Waals surface area contributed by atoms with Gasteiger partial charge in [-0.05, 0) is 79.8 Å². The van der Waals surface area contributed by atoms with E-state index in [0.29, 0.717) is 11.7 Å². The molecule has 6 heteroatoms. The smallest absolute Gasteiger partial charge is 0.227 e. The van der Waals surface area contributed by atoms with E-state index in [1.54, 1.807) is 6.07 Å². The van der Waals surface area contributed by atoms with Crippen molar-refractivity contribution in [3.63, 3.8) is 0 Å². The molecule has 4 aromatic rings. The van der Waals surface area contributed by atoms with E-state index < -0.39 is 0 Å². The fourth-order valence-electron chi connectivity index (χ4n) is 5.46. The molecule has 1 aliphatic heterocycles. The summed E-state index contributed by atoms with van der Waals surface area (Å²) in [6, 6.07) is 20.8. The molecule has 0 saturated carbocycles. The number of hydrogen-bond acceptors (Lipinski definition) is 6. The number of nitrogens with one attached hydrogen (secondary N) is 1. The Morgan fingerprint density at radius 1 is 0.914 bits per heavy atom. The molecule has 0 spiro atoms. The van der Waals surface area contributed by atoms with E-state index in [1.807, 2.05) is 12.3 Å². The Balaban J connectivity index is 1.26. The number of anilines is 3. The molecule has 178 valence electrons. The number of phenolic OH excluding ortho intramolecular Hbond substituents is 1. The van der Waals surface area contributed by atoms with Crippen LogP contribution in [0.1, 0.15) is 29.0 Å². The van der Waals surface area contributed by atoms with Gasteiger partial charge in [-0.3, -0.25) is 0 Å². The molecule has 1 unspecified atom stereocenters. The minimum absolute atomic E-state index is 0.235. The second-order valence-corrected chi connectivity index (χ2v) is 9.80. The van der Waals surface area contributed by atoms with Crippen LogP contribution >= 0.6 is 0 Å². The number of aryl methyl sites for hydroxylation is 1. The predicted octanol–water partition coefficient (Wildman–Crippen LogP) is 5.10. The van der Waals surface area contributed by atoms with Crippen molar-refractivity contribution in [2.24, 2.45) is 0 Å². The molecule has 0 radical (unpaired) electrons. The van der Waals surface area contributed by atoms with E-state index in [0.717, 1.165) is 67.6 Å². The van der Waals surface area contributed by atoms with Gasteiger partial charge in [0.05, 0.1) is 5.52 Å². The van der Waals surface area contributed by atoms with Crippen molar-refractivity contribution >= 4 is 28.2 Å². The molecule has 0 amide bonds. The summed E-state index contributed by atoms with van der Waals surface area (Å²) in [5, 5.41) is 15.2. The fraction of sp³-hybridized carbons (Fsp3) is 0.310. The van der Waals surface area contributed by atoms with Crippen LogP contribution < -0.4 is 10.2 Å². The van der Waals surface area contributed by atoms with Crippen LogP contribution in [0.4, 0.5) is 17.3 Å². The van der Waals surface area contributed by atoms with E-state index in [1.165, 1.54) is 16.8 Å². The number of likely N-dealkylation sites (N-methyl/N-ethyl adjacent to an activating group) is 1. The van der Waals surface area contributed by atoms with Crippen LogP contribution in [-0.4, -0.2) is 53.2 Å². The van der Waals surface area contributed by atoms with Gasteiger partial charge < -0.3 is 20.2 Å². The van der Waals surface area contributed by atoms with Gasteiger partial charge >= 0.3 is 0 Å². The SMILES string of the molecule is CN1CCN(c2ccc(Nc3ncc4ccc(O)c(C5CCc6ccccc6C5)c4n3)cc2)CC1. The molecule has 1 fully saturated rings. The Morgan fingerprint density at radius 2 is 1.69 bits per heavy atom. The Hall–Kier alpha value is -3.64. The normalized spacial score (nSPS) is 18.4. The van der Waals surface area contributed by atoms with Crippen LogP contribution in [0.15, 0.2) is 66.9 Å². The maximum Gasteiger partial charge on any atom is 0.227 e. The molecule has 1 saturated heterocycles. The lowest BCUT2D eigenvalue weighted by atomic mass is 9.79. The van der Waals surface area contributed by atoms with Gasteiger partial charge in [-0.15, -0.1) is 0 Å². The van der Waals surface area contributed by atoms with Crippen LogP contribution in [0.25, 0.3) is 10.9 Å². The number of piperazine rings is 1. The van der Waals surface area contributed by atoms with Gasteiger partial charge in [0.2, 0.25) is 5.95 Å². The number of hydrogen-bond donors (Lipinski definition) is 2. The van der Waals surface area contributed by atoms with Gasteiger partial charge in [0.25, 0.3) is 0 Å². The van der Waals surface area contributed by atoms with E-state index in [4.69, 9.17) is 4.98 Å². The van der Waals surface area contributed by atoms with Crippen molar-refractivity contribution in [1.82, 2.24) is 14.9 Å². The van der Waals surface area contributed by atoms with Crippen LogP contribution in [0.3, 0.4) is 0 Å². The summed E-state index contributed by atoms with van der Waals surface area (Å²) in [6.07, 6.45) is 4.79. The standard InChI is InChI=1S/C29H31N5O/c1-33-14-16-34(17-15-33)25-11-9-24(10-12-25)31-29-30-19-23-8-13-26(35)27(28(23)32-29)22-7-6-20-4-2-3-5-21(20)18-22/h2-5,8-13,19,22,35H,6-7,14-18H2,1H3,(H,30,31,32). The van der Waals surface area contributed by atoms with E-state index >= 15 is 0 Å². The summed E-state index contributed by atoms with van der Waals surface area (Å²) in [5.74, 6) is 1.11. The van der Waals surface area contributed by atoms with Gasteiger partial charge in [0, 0.05) is 54.7 Å². The Morgan fingerprint density at radius 3 is 2.49 bits per heavy atom. The first-order valence-electron chi connectivity index (χ1n) is 12.5. The zero-order valence-corrected chi connectivity index (χ0v) is 20.1. The lowest BCUT2D eigenvalue weighted by Gasteiger charge is -2.34. The van der Waals surface area contributed by atoms with E-state index in [2.05, 4.69) is 75.7 Å². The topological polar surface area (TPSA) is 64.5 Å². The Labute approximate surface area is 206 Å². The number of aromatic hydroxyl groups is 1. The van der Waals surface area contributed by atoms with Gasteiger partial charge in [0.1, 0.15) is 5.75 Å². The number of benzene rings is 3. The quantitative estimate of drug-likeness (QED) is 0.437. The number of aromatic nitrogens is 2. The molecule has 2 aliphatic rings. The summed E-state index contributed by atoms with van der Waals surface area (Å²) in [6.45, 7) is 4.28. The van der Waals surface area contributed by atoms with Crippen molar-refractivity contribution in [2.75, 3.05) is 43.4 Å². The van der Waals surface area contributed by atoms with Gasteiger partial charge in [-0.25, -0.2) is 9.97 Å². The summed E-state index contributed by atoms with van der Waals surface area (Å²) in [7, 11) is 2.17. The number of fused-ring (bicyclic) bond motifs is 2. The molecular weight excluding hydrogens is 434 g/mol. The minimum atomic E-state index is 0.235. The predicted molar refractivity (Wildman–Crippen MR) is 142 cm³/mol. The molecule has 1 aromatic heterocycles. The van der Waals surface area contributed by atoms with Crippen molar-refractivity contribution < 1.29 is 5.11 Å².